The zero-order chi connectivity index (χ0) is 11.1. The molecule has 2 bridgehead atoms. The zero-order valence-electron chi connectivity index (χ0n) is 9.49. The fourth-order valence-corrected chi connectivity index (χ4v) is 2.47. The number of carbonyl (C=O) groups excluding carboxylic acids is 1. The predicted octanol–water partition coefficient (Wildman–Crippen LogP) is -0.0323. The van der Waals surface area contributed by atoms with E-state index in [2.05, 4.69) is 10.2 Å². The van der Waals surface area contributed by atoms with Gasteiger partial charge >= 0.3 is 0 Å². The molecule has 3 rings (SSSR count). The number of nitrogens with zero attached hydrogens (tertiary/aromatic N) is 1. The van der Waals surface area contributed by atoms with Crippen LogP contribution < -0.4 is 5.32 Å². The number of piperidine rings is 3. The molecule has 0 aromatic carbocycles. The Kier molecular flexibility index (Phi) is 2.73. The standard InChI is InChI=1S/C11H20N2O2/c1-11(2,15)10(14)12-9-7-13-5-3-8(9)4-6-13/h8-9,15H,3-7H2,1-2H3,(H,12,14). The van der Waals surface area contributed by atoms with Crippen LogP contribution in [0.2, 0.25) is 0 Å². The van der Waals surface area contributed by atoms with Gasteiger partial charge in [-0.3, -0.25) is 4.79 Å². The summed E-state index contributed by atoms with van der Waals surface area (Å²) in [5, 5.41) is 12.5. The van der Waals surface area contributed by atoms with Crippen molar-refractivity contribution >= 4 is 5.91 Å². The molecule has 3 aliphatic heterocycles. The van der Waals surface area contributed by atoms with E-state index < -0.39 is 5.60 Å². The first-order chi connectivity index (χ1) is 6.97. The first kappa shape index (κ1) is 10.9. The summed E-state index contributed by atoms with van der Waals surface area (Å²) in [4.78, 5) is 14.0. The summed E-state index contributed by atoms with van der Waals surface area (Å²) >= 11 is 0. The highest BCUT2D eigenvalue weighted by molar-refractivity contribution is 5.84. The third kappa shape index (κ3) is 2.32. The van der Waals surface area contributed by atoms with Crippen molar-refractivity contribution < 1.29 is 9.90 Å². The minimum absolute atomic E-state index is 0.242. The van der Waals surface area contributed by atoms with Crippen molar-refractivity contribution in [3.63, 3.8) is 0 Å². The first-order valence-electron chi connectivity index (χ1n) is 5.72. The molecule has 15 heavy (non-hydrogen) atoms. The molecule has 0 saturated carbocycles. The molecular weight excluding hydrogens is 192 g/mol. The molecule has 1 atom stereocenters. The lowest BCUT2D eigenvalue weighted by Crippen LogP contribution is -2.59. The van der Waals surface area contributed by atoms with Crippen molar-refractivity contribution in [1.29, 1.82) is 0 Å². The second-order valence-corrected chi connectivity index (χ2v) is 5.28. The minimum Gasteiger partial charge on any atom is -0.381 e. The Morgan fingerprint density at radius 2 is 2.00 bits per heavy atom. The lowest BCUT2D eigenvalue weighted by Gasteiger charge is -2.45. The Morgan fingerprint density at radius 1 is 1.40 bits per heavy atom. The van der Waals surface area contributed by atoms with Crippen LogP contribution in [0.25, 0.3) is 0 Å². The quantitative estimate of drug-likeness (QED) is 0.676. The van der Waals surface area contributed by atoms with Crippen LogP contribution in [0.15, 0.2) is 0 Å². The lowest BCUT2D eigenvalue weighted by molar-refractivity contribution is -0.138. The number of carbonyl (C=O) groups is 1. The molecule has 3 fully saturated rings. The van der Waals surface area contributed by atoms with E-state index in [0.717, 1.165) is 6.54 Å². The molecular formula is C11H20N2O2. The maximum Gasteiger partial charge on any atom is 0.251 e. The lowest BCUT2D eigenvalue weighted by atomic mass is 9.84. The van der Waals surface area contributed by atoms with Crippen LogP contribution in [0.3, 0.4) is 0 Å². The Bertz CT molecular complexity index is 252. The van der Waals surface area contributed by atoms with Crippen LogP contribution in [0.1, 0.15) is 26.7 Å². The smallest absolute Gasteiger partial charge is 0.251 e. The third-order valence-corrected chi connectivity index (χ3v) is 3.53. The van der Waals surface area contributed by atoms with Gasteiger partial charge in [0, 0.05) is 12.6 Å². The van der Waals surface area contributed by atoms with E-state index in [9.17, 15) is 9.90 Å². The first-order valence-corrected chi connectivity index (χ1v) is 5.72. The van der Waals surface area contributed by atoms with Crippen LogP contribution in [0, 0.1) is 5.92 Å². The number of hydrogen-bond donors (Lipinski definition) is 2. The number of aliphatic hydroxyl groups is 1. The Morgan fingerprint density at radius 3 is 2.40 bits per heavy atom. The van der Waals surface area contributed by atoms with E-state index in [1.807, 2.05) is 0 Å². The fourth-order valence-electron chi connectivity index (χ4n) is 2.47. The van der Waals surface area contributed by atoms with Crippen molar-refractivity contribution in [1.82, 2.24) is 10.2 Å². The summed E-state index contributed by atoms with van der Waals surface area (Å²) in [6.07, 6.45) is 2.35. The van der Waals surface area contributed by atoms with Gasteiger partial charge in [0.2, 0.25) is 0 Å². The monoisotopic (exact) mass is 212 g/mol. The number of rotatable bonds is 2. The summed E-state index contributed by atoms with van der Waals surface area (Å²) in [5.74, 6) is 0.363. The molecule has 0 radical (unpaired) electrons. The molecule has 0 aliphatic carbocycles. The molecule has 0 spiro atoms. The maximum absolute atomic E-state index is 11.6. The molecule has 0 aromatic rings. The third-order valence-electron chi connectivity index (χ3n) is 3.53. The summed E-state index contributed by atoms with van der Waals surface area (Å²) in [5.41, 5.74) is -1.26. The van der Waals surface area contributed by atoms with Crippen LogP contribution in [-0.4, -0.2) is 47.2 Å². The largest absolute Gasteiger partial charge is 0.381 e. The van der Waals surface area contributed by atoms with E-state index in [4.69, 9.17) is 0 Å². The molecule has 3 saturated heterocycles. The molecule has 3 heterocycles. The van der Waals surface area contributed by atoms with E-state index in [1.165, 1.54) is 39.8 Å². The van der Waals surface area contributed by atoms with E-state index >= 15 is 0 Å². The van der Waals surface area contributed by atoms with Crippen LogP contribution >= 0.6 is 0 Å². The number of hydrogen-bond acceptors (Lipinski definition) is 3. The molecule has 4 nitrogen and oxygen atoms in total. The molecule has 0 aromatic heterocycles. The summed E-state index contributed by atoms with van der Waals surface area (Å²) in [7, 11) is 0. The van der Waals surface area contributed by atoms with Crippen LogP contribution in [0.5, 0.6) is 0 Å². The van der Waals surface area contributed by atoms with Gasteiger partial charge in [0.15, 0.2) is 0 Å². The molecule has 1 amide bonds. The highest BCUT2D eigenvalue weighted by atomic mass is 16.3. The van der Waals surface area contributed by atoms with Gasteiger partial charge in [0.05, 0.1) is 0 Å². The topological polar surface area (TPSA) is 52.6 Å². The van der Waals surface area contributed by atoms with Gasteiger partial charge < -0.3 is 15.3 Å². The predicted molar refractivity (Wildman–Crippen MR) is 57.4 cm³/mol. The van der Waals surface area contributed by atoms with E-state index in [1.54, 1.807) is 0 Å². The average molecular weight is 212 g/mol. The molecule has 1 unspecified atom stereocenters. The molecule has 4 heteroatoms. The summed E-state index contributed by atoms with van der Waals surface area (Å²) in [6, 6.07) is 0.242. The summed E-state index contributed by atoms with van der Waals surface area (Å²) in [6.45, 7) is 6.35. The second kappa shape index (κ2) is 3.76. The highest BCUT2D eigenvalue weighted by Crippen LogP contribution is 2.27. The van der Waals surface area contributed by atoms with Gasteiger partial charge in [-0.25, -0.2) is 0 Å². The Labute approximate surface area is 90.6 Å². The normalized spacial score (nSPS) is 35.3. The Hall–Kier alpha value is -0.610. The fraction of sp³-hybridized carbons (Fsp3) is 0.909. The maximum atomic E-state index is 11.6. The van der Waals surface area contributed by atoms with Crippen molar-refractivity contribution in [2.24, 2.45) is 5.92 Å². The van der Waals surface area contributed by atoms with Crippen molar-refractivity contribution in [2.45, 2.75) is 38.3 Å². The molecule has 2 N–H and O–H groups in total. The van der Waals surface area contributed by atoms with Gasteiger partial charge in [-0.05, 0) is 45.7 Å². The van der Waals surface area contributed by atoms with E-state index in [0.29, 0.717) is 5.92 Å². The molecule has 86 valence electrons. The highest BCUT2D eigenvalue weighted by Gasteiger charge is 2.36. The van der Waals surface area contributed by atoms with Crippen LogP contribution in [-0.2, 0) is 4.79 Å². The van der Waals surface area contributed by atoms with Crippen LogP contribution in [0.4, 0.5) is 0 Å². The minimum atomic E-state index is -1.26. The van der Waals surface area contributed by atoms with Gasteiger partial charge in [-0.1, -0.05) is 0 Å². The summed E-state index contributed by atoms with van der Waals surface area (Å²) < 4.78 is 0. The van der Waals surface area contributed by atoms with Gasteiger partial charge in [-0.15, -0.1) is 0 Å². The van der Waals surface area contributed by atoms with Gasteiger partial charge in [-0.2, -0.15) is 0 Å². The second-order valence-electron chi connectivity index (χ2n) is 5.28. The Balaban J connectivity index is 1.93. The molecule has 3 aliphatic rings. The van der Waals surface area contributed by atoms with Gasteiger partial charge in [0.25, 0.3) is 5.91 Å². The van der Waals surface area contributed by atoms with E-state index in [-0.39, 0.29) is 11.9 Å². The number of nitrogens with one attached hydrogen (secondary N) is 1. The van der Waals surface area contributed by atoms with Crippen molar-refractivity contribution in [2.75, 3.05) is 19.6 Å². The van der Waals surface area contributed by atoms with Crippen molar-refractivity contribution in [3.05, 3.63) is 0 Å². The van der Waals surface area contributed by atoms with Crippen molar-refractivity contribution in [3.8, 4) is 0 Å². The van der Waals surface area contributed by atoms with Gasteiger partial charge in [0.1, 0.15) is 5.60 Å². The average Bonchev–Trinajstić information content (AvgIpc) is 2.18. The number of amides is 1. The SMILES string of the molecule is CC(C)(O)C(=O)NC1CN2CCC1CC2. The number of fused-ring (bicyclic) bond motifs is 3. The zero-order valence-corrected chi connectivity index (χ0v) is 9.49.